The number of rotatable bonds is 4. The maximum atomic E-state index is 6.39. The minimum Gasteiger partial charge on any atom is -0.496 e. The van der Waals surface area contributed by atoms with Gasteiger partial charge in [-0.05, 0) is 29.6 Å². The molecular weight excluding hydrogens is 270 g/mol. The van der Waals surface area contributed by atoms with Crippen LogP contribution in [0.4, 0.5) is 0 Å². The highest BCUT2D eigenvalue weighted by Gasteiger charge is 2.19. The minimum atomic E-state index is -0.257. The van der Waals surface area contributed by atoms with Crippen LogP contribution in [0.15, 0.2) is 54.0 Å². The van der Waals surface area contributed by atoms with Gasteiger partial charge in [0.2, 0.25) is 0 Å². The van der Waals surface area contributed by atoms with Crippen LogP contribution >= 0.6 is 11.3 Å². The van der Waals surface area contributed by atoms with Gasteiger partial charge >= 0.3 is 0 Å². The van der Waals surface area contributed by atoms with Crippen molar-refractivity contribution in [1.29, 1.82) is 0 Å². The first-order valence-electron chi connectivity index (χ1n) is 6.27. The van der Waals surface area contributed by atoms with E-state index in [0.29, 0.717) is 0 Å². The zero-order chi connectivity index (χ0) is 13.9. The second-order valence-corrected chi connectivity index (χ2v) is 5.28. The molecule has 0 fully saturated rings. The number of thiophene rings is 1. The molecule has 5 heteroatoms. The Hall–Kier alpha value is -2.11. The Kier molecular flexibility index (Phi) is 3.54. The molecule has 0 aliphatic carbocycles. The Balaban J connectivity index is 2.02. The SMILES string of the molecule is COc1ccsc1C(N)c1ccnn1-c1ccccc1. The van der Waals surface area contributed by atoms with Crippen LogP contribution < -0.4 is 10.5 Å². The van der Waals surface area contributed by atoms with Crippen molar-refractivity contribution in [1.82, 2.24) is 9.78 Å². The molecular formula is C15H15N3OS. The number of nitrogens with zero attached hydrogens (tertiary/aromatic N) is 2. The van der Waals surface area contributed by atoms with E-state index < -0.39 is 0 Å². The Morgan fingerprint density at radius 1 is 1.20 bits per heavy atom. The van der Waals surface area contributed by atoms with Crippen LogP contribution in [-0.4, -0.2) is 16.9 Å². The number of hydrogen-bond acceptors (Lipinski definition) is 4. The maximum Gasteiger partial charge on any atom is 0.134 e. The quantitative estimate of drug-likeness (QED) is 0.801. The van der Waals surface area contributed by atoms with E-state index >= 15 is 0 Å². The zero-order valence-electron chi connectivity index (χ0n) is 11.1. The summed E-state index contributed by atoms with van der Waals surface area (Å²) < 4.78 is 7.22. The van der Waals surface area contributed by atoms with Crippen LogP contribution in [0.5, 0.6) is 5.75 Å². The normalized spacial score (nSPS) is 12.3. The Morgan fingerprint density at radius 3 is 2.75 bits per heavy atom. The summed E-state index contributed by atoms with van der Waals surface area (Å²) in [6.07, 6.45) is 1.77. The van der Waals surface area contributed by atoms with Gasteiger partial charge in [0.1, 0.15) is 5.75 Å². The van der Waals surface area contributed by atoms with Crippen LogP contribution in [-0.2, 0) is 0 Å². The van der Waals surface area contributed by atoms with Crippen molar-refractivity contribution >= 4 is 11.3 Å². The van der Waals surface area contributed by atoms with E-state index in [1.54, 1.807) is 24.6 Å². The van der Waals surface area contributed by atoms with E-state index in [4.69, 9.17) is 10.5 Å². The standard InChI is InChI=1S/C15H15N3OS/c1-19-13-8-10-20-15(13)14(16)12-7-9-17-18(12)11-5-3-2-4-6-11/h2-10,14H,16H2,1H3. The molecule has 2 aromatic heterocycles. The van der Waals surface area contributed by atoms with Crippen LogP contribution in [0.1, 0.15) is 16.6 Å². The molecule has 0 aliphatic heterocycles. The second kappa shape index (κ2) is 5.48. The lowest BCUT2D eigenvalue weighted by Gasteiger charge is -2.14. The van der Waals surface area contributed by atoms with Crippen molar-refractivity contribution in [2.75, 3.05) is 7.11 Å². The molecule has 2 N–H and O–H groups in total. The van der Waals surface area contributed by atoms with Crippen molar-refractivity contribution in [2.24, 2.45) is 5.73 Å². The second-order valence-electron chi connectivity index (χ2n) is 4.33. The van der Waals surface area contributed by atoms with Crippen LogP contribution in [0.2, 0.25) is 0 Å². The molecule has 0 amide bonds. The monoisotopic (exact) mass is 285 g/mol. The molecule has 1 unspecified atom stereocenters. The van der Waals surface area contributed by atoms with Crippen LogP contribution in [0, 0.1) is 0 Å². The molecule has 102 valence electrons. The molecule has 0 aliphatic rings. The first-order valence-corrected chi connectivity index (χ1v) is 7.15. The fourth-order valence-electron chi connectivity index (χ4n) is 2.17. The van der Waals surface area contributed by atoms with E-state index in [0.717, 1.165) is 22.0 Å². The Bertz CT molecular complexity index is 690. The molecule has 0 radical (unpaired) electrons. The highest BCUT2D eigenvalue weighted by atomic mass is 32.1. The lowest BCUT2D eigenvalue weighted by atomic mass is 10.1. The van der Waals surface area contributed by atoms with Gasteiger partial charge < -0.3 is 10.5 Å². The number of methoxy groups -OCH3 is 1. The fourth-order valence-corrected chi connectivity index (χ4v) is 3.05. The molecule has 3 rings (SSSR count). The number of hydrogen-bond donors (Lipinski definition) is 1. The van der Waals surface area contributed by atoms with Crippen molar-refractivity contribution in [3.63, 3.8) is 0 Å². The first-order chi connectivity index (χ1) is 9.81. The number of ether oxygens (including phenoxy) is 1. The van der Waals surface area contributed by atoms with Crippen molar-refractivity contribution in [3.05, 3.63) is 64.6 Å². The predicted octanol–water partition coefficient (Wildman–Crippen LogP) is 2.99. The third-order valence-electron chi connectivity index (χ3n) is 3.15. The summed E-state index contributed by atoms with van der Waals surface area (Å²) in [5, 5.41) is 6.36. The molecule has 2 heterocycles. The summed E-state index contributed by atoms with van der Waals surface area (Å²) in [5.74, 6) is 0.823. The Morgan fingerprint density at radius 2 is 2.00 bits per heavy atom. The van der Waals surface area contributed by atoms with E-state index in [9.17, 15) is 0 Å². The van der Waals surface area contributed by atoms with Crippen molar-refractivity contribution in [3.8, 4) is 11.4 Å². The summed E-state index contributed by atoms with van der Waals surface area (Å²) >= 11 is 1.59. The third-order valence-corrected chi connectivity index (χ3v) is 4.13. The van der Waals surface area contributed by atoms with Crippen LogP contribution in [0.3, 0.4) is 0 Å². The van der Waals surface area contributed by atoms with Gasteiger partial charge in [-0.1, -0.05) is 18.2 Å². The van der Waals surface area contributed by atoms with E-state index in [-0.39, 0.29) is 6.04 Å². The highest BCUT2D eigenvalue weighted by molar-refractivity contribution is 7.10. The van der Waals surface area contributed by atoms with E-state index in [1.807, 2.05) is 52.5 Å². The molecule has 0 saturated heterocycles. The third kappa shape index (κ3) is 2.21. The summed E-state index contributed by atoms with van der Waals surface area (Å²) in [7, 11) is 1.66. The van der Waals surface area contributed by atoms with Gasteiger partial charge in [-0.15, -0.1) is 11.3 Å². The molecule has 3 aromatic rings. The minimum absolute atomic E-state index is 0.257. The fraction of sp³-hybridized carbons (Fsp3) is 0.133. The Labute approximate surface area is 121 Å². The lowest BCUT2D eigenvalue weighted by molar-refractivity contribution is 0.410. The average molecular weight is 285 g/mol. The van der Waals surface area contributed by atoms with Gasteiger partial charge in [-0.25, -0.2) is 4.68 Å². The number of nitrogens with two attached hydrogens (primary N) is 1. The van der Waals surface area contributed by atoms with Gasteiger partial charge in [-0.2, -0.15) is 5.10 Å². The molecule has 0 spiro atoms. The molecule has 4 nitrogen and oxygen atoms in total. The molecule has 1 atom stereocenters. The summed E-state index contributed by atoms with van der Waals surface area (Å²) in [5.41, 5.74) is 8.33. The van der Waals surface area contributed by atoms with Crippen molar-refractivity contribution in [2.45, 2.75) is 6.04 Å². The van der Waals surface area contributed by atoms with E-state index in [2.05, 4.69) is 5.10 Å². The number of benzene rings is 1. The van der Waals surface area contributed by atoms with Gasteiger partial charge in [0.05, 0.1) is 29.4 Å². The van der Waals surface area contributed by atoms with Gasteiger partial charge in [0.15, 0.2) is 0 Å². The predicted molar refractivity (Wildman–Crippen MR) is 80.5 cm³/mol. The summed E-state index contributed by atoms with van der Waals surface area (Å²) in [6.45, 7) is 0. The molecule has 20 heavy (non-hydrogen) atoms. The van der Waals surface area contributed by atoms with Gasteiger partial charge in [-0.3, -0.25) is 0 Å². The summed E-state index contributed by atoms with van der Waals surface area (Å²) in [6, 6.07) is 13.6. The van der Waals surface area contributed by atoms with Crippen LogP contribution in [0.25, 0.3) is 5.69 Å². The van der Waals surface area contributed by atoms with Crippen molar-refractivity contribution < 1.29 is 4.74 Å². The largest absolute Gasteiger partial charge is 0.496 e. The number of para-hydroxylation sites is 1. The lowest BCUT2D eigenvalue weighted by Crippen LogP contribution is -2.16. The number of aromatic nitrogens is 2. The smallest absolute Gasteiger partial charge is 0.134 e. The summed E-state index contributed by atoms with van der Waals surface area (Å²) in [4.78, 5) is 1.00. The topological polar surface area (TPSA) is 53.1 Å². The zero-order valence-corrected chi connectivity index (χ0v) is 11.9. The molecule has 0 bridgehead atoms. The first kappa shape index (κ1) is 12.9. The average Bonchev–Trinajstić information content (AvgIpc) is 3.16. The van der Waals surface area contributed by atoms with Gasteiger partial charge in [0.25, 0.3) is 0 Å². The van der Waals surface area contributed by atoms with E-state index in [1.165, 1.54) is 0 Å². The maximum absolute atomic E-state index is 6.39. The highest BCUT2D eigenvalue weighted by Crippen LogP contribution is 2.33. The van der Waals surface area contributed by atoms with Gasteiger partial charge in [0, 0.05) is 6.20 Å². The molecule has 0 saturated carbocycles. The molecule has 1 aromatic carbocycles.